The highest BCUT2D eigenvalue weighted by Crippen LogP contribution is 2.42. The second-order valence-electron chi connectivity index (χ2n) is 5.56. The van der Waals surface area contributed by atoms with Crippen LogP contribution in [-0.2, 0) is 9.59 Å². The van der Waals surface area contributed by atoms with E-state index in [9.17, 15) is 24.9 Å². The third-order valence-corrected chi connectivity index (χ3v) is 4.38. The number of ether oxygens (including phenoxy) is 1. The molecule has 1 aromatic rings. The van der Waals surface area contributed by atoms with Crippen molar-refractivity contribution >= 4 is 11.9 Å². The van der Waals surface area contributed by atoms with E-state index < -0.39 is 42.0 Å². The minimum Gasteiger partial charge on any atom is -0.497 e. The Labute approximate surface area is 127 Å². The third-order valence-electron chi connectivity index (χ3n) is 4.38. The molecule has 1 aromatic carbocycles. The number of carboxylic acid groups (broad SMARTS) is 2. The zero-order valence-electron chi connectivity index (χ0n) is 12.3. The lowest BCUT2D eigenvalue weighted by Crippen LogP contribution is -2.53. The first-order chi connectivity index (χ1) is 10.3. The molecule has 120 valence electrons. The number of hydrogen-bond donors (Lipinski definition) is 4. The van der Waals surface area contributed by atoms with Crippen LogP contribution in [0.2, 0.25) is 0 Å². The molecule has 7 heteroatoms. The van der Waals surface area contributed by atoms with Gasteiger partial charge in [0, 0.05) is 18.4 Å². The molecule has 0 amide bonds. The van der Waals surface area contributed by atoms with Crippen LogP contribution in [-0.4, -0.2) is 52.6 Å². The SMILES string of the molecule is COc1cccc([C@@H]2[C@@H](C(=O)O)N[C@@](C)(C(=O)O)[C@H]2CO)c1. The summed E-state index contributed by atoms with van der Waals surface area (Å²) in [6.45, 7) is 0.952. The van der Waals surface area contributed by atoms with E-state index in [1.807, 2.05) is 0 Å². The van der Waals surface area contributed by atoms with Gasteiger partial charge in [-0.05, 0) is 24.6 Å². The summed E-state index contributed by atoms with van der Waals surface area (Å²) >= 11 is 0. The van der Waals surface area contributed by atoms with Gasteiger partial charge >= 0.3 is 11.9 Å². The fourth-order valence-corrected chi connectivity index (χ4v) is 3.12. The largest absolute Gasteiger partial charge is 0.497 e. The van der Waals surface area contributed by atoms with Crippen molar-refractivity contribution in [3.05, 3.63) is 29.8 Å². The molecule has 1 aliphatic rings. The maximum absolute atomic E-state index is 11.6. The zero-order valence-corrected chi connectivity index (χ0v) is 12.3. The molecule has 4 atom stereocenters. The standard InChI is InChI=1S/C15H19NO6/c1-15(14(20)21)10(7-17)11(12(16-15)13(18)19)8-4-3-5-9(6-8)22-2/h3-6,10-12,16-17H,7H2,1-2H3,(H,18,19)(H,20,21)/t10-,11-,12-,15+/m0/s1. The molecule has 4 N–H and O–H groups in total. The third kappa shape index (κ3) is 2.53. The number of methoxy groups -OCH3 is 1. The number of carbonyl (C=O) groups is 2. The molecular weight excluding hydrogens is 290 g/mol. The highest BCUT2D eigenvalue weighted by molar-refractivity contribution is 5.84. The number of rotatable bonds is 5. The Morgan fingerprint density at radius 3 is 2.55 bits per heavy atom. The van der Waals surface area contributed by atoms with E-state index in [0.29, 0.717) is 11.3 Å². The smallest absolute Gasteiger partial charge is 0.324 e. The Bertz CT molecular complexity index is 589. The lowest BCUT2D eigenvalue weighted by molar-refractivity contribution is -0.146. The van der Waals surface area contributed by atoms with Crippen LogP contribution in [0.1, 0.15) is 18.4 Å². The van der Waals surface area contributed by atoms with E-state index in [1.54, 1.807) is 24.3 Å². The number of aliphatic hydroxyl groups is 1. The molecule has 0 radical (unpaired) electrons. The Kier molecular flexibility index (Phi) is 4.39. The van der Waals surface area contributed by atoms with Gasteiger partial charge in [-0.2, -0.15) is 0 Å². The molecule has 0 unspecified atom stereocenters. The number of benzene rings is 1. The van der Waals surface area contributed by atoms with E-state index in [0.717, 1.165) is 0 Å². The first-order valence-corrected chi connectivity index (χ1v) is 6.84. The molecule has 22 heavy (non-hydrogen) atoms. The van der Waals surface area contributed by atoms with Crippen LogP contribution in [0.15, 0.2) is 24.3 Å². The van der Waals surface area contributed by atoms with Crippen LogP contribution in [0.5, 0.6) is 5.75 Å². The summed E-state index contributed by atoms with van der Waals surface area (Å²) in [7, 11) is 1.49. The second kappa shape index (κ2) is 5.94. The summed E-state index contributed by atoms with van der Waals surface area (Å²) in [5.41, 5.74) is -0.908. The maximum atomic E-state index is 11.6. The van der Waals surface area contributed by atoms with Crippen LogP contribution in [0.3, 0.4) is 0 Å². The predicted octanol–water partition coefficient (Wildman–Crippen LogP) is 0.287. The van der Waals surface area contributed by atoms with E-state index in [2.05, 4.69) is 5.32 Å². The van der Waals surface area contributed by atoms with Crippen molar-refractivity contribution < 1.29 is 29.6 Å². The van der Waals surface area contributed by atoms with E-state index in [4.69, 9.17) is 4.74 Å². The summed E-state index contributed by atoms with van der Waals surface area (Å²) in [5.74, 6) is -3.27. The molecule has 0 spiro atoms. The molecule has 2 rings (SSSR count). The van der Waals surface area contributed by atoms with Gasteiger partial charge in [-0.1, -0.05) is 12.1 Å². The van der Waals surface area contributed by atoms with Crippen molar-refractivity contribution in [2.24, 2.45) is 5.92 Å². The Hall–Kier alpha value is -2.12. The molecule has 7 nitrogen and oxygen atoms in total. The average molecular weight is 309 g/mol. The lowest BCUT2D eigenvalue weighted by Gasteiger charge is -2.28. The molecule has 0 saturated carbocycles. The van der Waals surface area contributed by atoms with Crippen LogP contribution >= 0.6 is 0 Å². The average Bonchev–Trinajstić information content (AvgIpc) is 2.81. The predicted molar refractivity (Wildman–Crippen MR) is 76.9 cm³/mol. The second-order valence-corrected chi connectivity index (χ2v) is 5.56. The highest BCUT2D eigenvalue weighted by atomic mass is 16.5. The number of aliphatic carboxylic acids is 2. The van der Waals surface area contributed by atoms with Crippen LogP contribution in [0.25, 0.3) is 0 Å². The van der Waals surface area contributed by atoms with Crippen LogP contribution in [0, 0.1) is 5.92 Å². The van der Waals surface area contributed by atoms with Gasteiger partial charge in [-0.3, -0.25) is 14.9 Å². The van der Waals surface area contributed by atoms with Crippen molar-refractivity contribution in [2.75, 3.05) is 13.7 Å². The minimum atomic E-state index is -1.52. The molecule has 1 heterocycles. The maximum Gasteiger partial charge on any atom is 0.324 e. The summed E-state index contributed by atoms with van der Waals surface area (Å²) < 4.78 is 5.13. The van der Waals surface area contributed by atoms with Crippen molar-refractivity contribution in [2.45, 2.75) is 24.4 Å². The summed E-state index contributed by atoms with van der Waals surface area (Å²) in [4.78, 5) is 23.1. The molecule has 0 aromatic heterocycles. The van der Waals surface area contributed by atoms with Gasteiger partial charge in [0.1, 0.15) is 17.3 Å². The van der Waals surface area contributed by atoms with Gasteiger partial charge in [-0.25, -0.2) is 0 Å². The minimum absolute atomic E-state index is 0.443. The molecular formula is C15H19NO6. The first kappa shape index (κ1) is 16.3. The molecule has 1 fully saturated rings. The lowest BCUT2D eigenvalue weighted by atomic mass is 9.77. The highest BCUT2D eigenvalue weighted by Gasteiger charge is 2.57. The van der Waals surface area contributed by atoms with Crippen LogP contribution < -0.4 is 10.1 Å². The van der Waals surface area contributed by atoms with E-state index >= 15 is 0 Å². The van der Waals surface area contributed by atoms with Crippen molar-refractivity contribution in [1.29, 1.82) is 0 Å². The number of hydrogen-bond acceptors (Lipinski definition) is 5. The molecule has 0 bridgehead atoms. The summed E-state index contributed by atoms with van der Waals surface area (Å²) in [6.07, 6.45) is 0. The molecule has 1 saturated heterocycles. The van der Waals surface area contributed by atoms with Crippen molar-refractivity contribution in [1.82, 2.24) is 5.32 Å². The van der Waals surface area contributed by atoms with Gasteiger partial charge in [0.15, 0.2) is 0 Å². The summed E-state index contributed by atoms with van der Waals surface area (Å²) in [6, 6.07) is 5.69. The Morgan fingerprint density at radius 1 is 1.36 bits per heavy atom. The van der Waals surface area contributed by atoms with Crippen LogP contribution in [0.4, 0.5) is 0 Å². The number of aliphatic hydroxyl groups excluding tert-OH is 1. The van der Waals surface area contributed by atoms with Gasteiger partial charge in [-0.15, -0.1) is 0 Å². The summed E-state index contributed by atoms with van der Waals surface area (Å²) in [5, 5.41) is 31.2. The number of nitrogens with one attached hydrogen (secondary N) is 1. The van der Waals surface area contributed by atoms with E-state index in [1.165, 1.54) is 14.0 Å². The number of carboxylic acids is 2. The van der Waals surface area contributed by atoms with Gasteiger partial charge < -0.3 is 20.1 Å². The Morgan fingerprint density at radius 2 is 2.05 bits per heavy atom. The van der Waals surface area contributed by atoms with Gasteiger partial charge in [0.05, 0.1) is 7.11 Å². The quantitative estimate of drug-likeness (QED) is 0.617. The monoisotopic (exact) mass is 309 g/mol. The van der Waals surface area contributed by atoms with Gasteiger partial charge in [0.25, 0.3) is 0 Å². The van der Waals surface area contributed by atoms with Crippen molar-refractivity contribution in [3.63, 3.8) is 0 Å². The first-order valence-electron chi connectivity index (χ1n) is 6.84. The fourth-order valence-electron chi connectivity index (χ4n) is 3.12. The normalized spacial score (nSPS) is 31.0. The zero-order chi connectivity index (χ0) is 16.5. The Balaban J connectivity index is 2.53. The topological polar surface area (TPSA) is 116 Å². The van der Waals surface area contributed by atoms with Gasteiger partial charge in [0.2, 0.25) is 0 Å². The fraction of sp³-hybridized carbons (Fsp3) is 0.467. The van der Waals surface area contributed by atoms with E-state index in [-0.39, 0.29) is 0 Å². The van der Waals surface area contributed by atoms with Crippen molar-refractivity contribution in [3.8, 4) is 5.75 Å². The molecule has 0 aliphatic carbocycles. The molecule has 1 aliphatic heterocycles.